The molecule has 1 saturated heterocycles. The molecule has 23 heavy (non-hydrogen) atoms. The van der Waals surface area contributed by atoms with Crippen LogP contribution in [0.1, 0.15) is 69.8 Å². The lowest BCUT2D eigenvalue weighted by molar-refractivity contribution is -0.0492. The molecule has 2 aliphatic rings. The monoisotopic (exact) mass is 315 g/mol. The zero-order chi connectivity index (χ0) is 16.0. The minimum Gasteiger partial charge on any atom is -0.385 e. The molecule has 0 aromatic heterocycles. The van der Waals surface area contributed by atoms with Gasteiger partial charge in [-0.2, -0.15) is 0 Å². The fraction of sp³-hybridized carbons (Fsp3) is 0.714. The molecule has 0 spiro atoms. The number of benzene rings is 1. The van der Waals surface area contributed by atoms with Crippen molar-refractivity contribution in [1.82, 2.24) is 4.90 Å². The zero-order valence-electron chi connectivity index (χ0n) is 14.6. The van der Waals surface area contributed by atoms with Gasteiger partial charge in [-0.15, -0.1) is 0 Å². The van der Waals surface area contributed by atoms with Gasteiger partial charge in [0, 0.05) is 0 Å². The lowest BCUT2D eigenvalue weighted by atomic mass is 9.71. The van der Waals surface area contributed by atoms with E-state index in [0.29, 0.717) is 5.92 Å². The maximum atomic E-state index is 11.6. The van der Waals surface area contributed by atoms with Gasteiger partial charge < -0.3 is 10.0 Å². The Morgan fingerprint density at radius 1 is 0.913 bits per heavy atom. The quantitative estimate of drug-likeness (QED) is 0.821. The molecule has 1 saturated carbocycles. The Morgan fingerprint density at radius 2 is 1.57 bits per heavy atom. The molecule has 0 bridgehead atoms. The van der Waals surface area contributed by atoms with Crippen LogP contribution in [0.5, 0.6) is 0 Å². The second-order valence-electron chi connectivity index (χ2n) is 7.63. The van der Waals surface area contributed by atoms with Crippen molar-refractivity contribution in [2.75, 3.05) is 19.6 Å². The summed E-state index contributed by atoms with van der Waals surface area (Å²) in [4.78, 5) is 2.59. The summed E-state index contributed by atoms with van der Waals surface area (Å²) in [5.74, 6) is 0.444. The summed E-state index contributed by atoms with van der Waals surface area (Å²) >= 11 is 0. The number of nitrogens with zero attached hydrogens (tertiary/aromatic N) is 1. The van der Waals surface area contributed by atoms with Crippen LogP contribution >= 0.6 is 0 Å². The van der Waals surface area contributed by atoms with Crippen molar-refractivity contribution < 1.29 is 5.11 Å². The fourth-order valence-corrected chi connectivity index (χ4v) is 4.65. The Morgan fingerprint density at radius 3 is 2.26 bits per heavy atom. The average molecular weight is 316 g/mol. The van der Waals surface area contributed by atoms with Crippen LogP contribution in [0.2, 0.25) is 0 Å². The van der Waals surface area contributed by atoms with Gasteiger partial charge in [-0.05, 0) is 69.6 Å². The van der Waals surface area contributed by atoms with Crippen LogP contribution in [0, 0.1) is 5.92 Å². The van der Waals surface area contributed by atoms with Crippen LogP contribution in [0.25, 0.3) is 0 Å². The maximum Gasteiger partial charge on any atom is 0.0925 e. The van der Waals surface area contributed by atoms with E-state index in [2.05, 4.69) is 35.2 Å². The Bertz CT molecular complexity index is 448. The molecule has 2 nitrogen and oxygen atoms in total. The number of piperidine rings is 1. The van der Waals surface area contributed by atoms with Gasteiger partial charge in [0.05, 0.1) is 5.60 Å². The van der Waals surface area contributed by atoms with Crippen molar-refractivity contribution in [2.45, 2.75) is 69.8 Å². The highest BCUT2D eigenvalue weighted by atomic mass is 16.3. The molecule has 0 unspecified atom stereocenters. The number of aliphatic hydroxyl groups is 1. The number of hydrogen-bond donors (Lipinski definition) is 1. The van der Waals surface area contributed by atoms with Crippen molar-refractivity contribution >= 4 is 0 Å². The highest BCUT2D eigenvalue weighted by Gasteiger charge is 2.38. The smallest absolute Gasteiger partial charge is 0.0925 e. The highest BCUT2D eigenvalue weighted by molar-refractivity contribution is 5.23. The molecule has 3 rings (SSSR count). The highest BCUT2D eigenvalue weighted by Crippen LogP contribution is 2.42. The van der Waals surface area contributed by atoms with Crippen molar-refractivity contribution in [3.63, 3.8) is 0 Å². The summed E-state index contributed by atoms with van der Waals surface area (Å²) in [7, 11) is 0. The molecular formula is C21H33NO. The minimum atomic E-state index is -0.614. The molecule has 1 heterocycles. The van der Waals surface area contributed by atoms with E-state index in [4.69, 9.17) is 0 Å². The van der Waals surface area contributed by atoms with Crippen LogP contribution in [0.15, 0.2) is 30.3 Å². The van der Waals surface area contributed by atoms with E-state index in [0.717, 1.165) is 24.9 Å². The average Bonchev–Trinajstić information content (AvgIpc) is 2.64. The van der Waals surface area contributed by atoms with Crippen molar-refractivity contribution in [3.8, 4) is 0 Å². The molecule has 0 radical (unpaired) electrons. The van der Waals surface area contributed by atoms with Crippen molar-refractivity contribution in [1.29, 1.82) is 0 Å². The Kier molecular flexibility index (Phi) is 6.13. The van der Waals surface area contributed by atoms with Crippen LogP contribution in [0.3, 0.4) is 0 Å². The summed E-state index contributed by atoms with van der Waals surface area (Å²) < 4.78 is 0. The summed E-state index contributed by atoms with van der Waals surface area (Å²) in [6, 6.07) is 10.5. The summed E-state index contributed by atoms with van der Waals surface area (Å²) in [6.45, 7) is 3.67. The van der Waals surface area contributed by atoms with Crippen LogP contribution in [-0.4, -0.2) is 29.6 Å². The molecule has 128 valence electrons. The molecule has 2 fully saturated rings. The van der Waals surface area contributed by atoms with Gasteiger partial charge in [-0.1, -0.05) is 56.0 Å². The lowest BCUT2D eigenvalue weighted by Gasteiger charge is -2.40. The first kappa shape index (κ1) is 17.0. The van der Waals surface area contributed by atoms with E-state index < -0.39 is 5.60 Å². The number of rotatable bonds is 6. The molecule has 1 aliphatic heterocycles. The molecule has 1 aromatic rings. The van der Waals surface area contributed by atoms with Gasteiger partial charge in [0.2, 0.25) is 0 Å². The third kappa shape index (κ3) is 4.36. The van der Waals surface area contributed by atoms with Gasteiger partial charge in [-0.25, -0.2) is 0 Å². The van der Waals surface area contributed by atoms with Crippen LogP contribution in [-0.2, 0) is 5.60 Å². The van der Waals surface area contributed by atoms with E-state index in [9.17, 15) is 5.11 Å². The van der Waals surface area contributed by atoms with Gasteiger partial charge in [-0.3, -0.25) is 0 Å². The van der Waals surface area contributed by atoms with Gasteiger partial charge >= 0.3 is 0 Å². The second kappa shape index (κ2) is 8.30. The molecule has 1 atom stereocenters. The van der Waals surface area contributed by atoms with Crippen molar-refractivity contribution in [3.05, 3.63) is 35.9 Å². The first-order valence-electron chi connectivity index (χ1n) is 9.79. The Hall–Kier alpha value is -0.860. The number of likely N-dealkylation sites (tertiary alicyclic amines) is 1. The Balaban J connectivity index is 1.64. The van der Waals surface area contributed by atoms with E-state index in [1.165, 1.54) is 64.5 Å². The summed E-state index contributed by atoms with van der Waals surface area (Å²) in [5, 5.41) is 11.6. The van der Waals surface area contributed by atoms with Crippen LogP contribution in [0.4, 0.5) is 0 Å². The van der Waals surface area contributed by atoms with E-state index in [-0.39, 0.29) is 0 Å². The third-order valence-corrected chi connectivity index (χ3v) is 6.04. The van der Waals surface area contributed by atoms with Crippen LogP contribution < -0.4 is 0 Å². The molecule has 1 N–H and O–H groups in total. The topological polar surface area (TPSA) is 23.5 Å². The maximum absolute atomic E-state index is 11.6. The standard InChI is InChI=1S/C21H33NO/c23-21(19-11-4-1-5-12-19,20-13-6-2-7-14-20)15-10-18-22-16-8-3-9-17-22/h1,4-5,11-12,20,23H,2-3,6-10,13-18H2/t21-/m0/s1. The third-order valence-electron chi connectivity index (χ3n) is 6.04. The minimum absolute atomic E-state index is 0.444. The normalized spacial score (nSPS) is 23.5. The lowest BCUT2D eigenvalue weighted by Crippen LogP contribution is -2.38. The first-order valence-corrected chi connectivity index (χ1v) is 9.79. The fourth-order valence-electron chi connectivity index (χ4n) is 4.65. The molecule has 0 amide bonds. The van der Waals surface area contributed by atoms with E-state index >= 15 is 0 Å². The first-order chi connectivity index (χ1) is 11.3. The van der Waals surface area contributed by atoms with Gasteiger partial charge in [0.25, 0.3) is 0 Å². The molecule has 1 aromatic carbocycles. The molecular weight excluding hydrogens is 282 g/mol. The second-order valence-corrected chi connectivity index (χ2v) is 7.63. The van der Waals surface area contributed by atoms with Gasteiger partial charge in [0.1, 0.15) is 0 Å². The number of hydrogen-bond acceptors (Lipinski definition) is 2. The predicted molar refractivity (Wildman–Crippen MR) is 96.4 cm³/mol. The zero-order valence-corrected chi connectivity index (χ0v) is 14.6. The predicted octanol–water partition coefficient (Wildman–Crippen LogP) is 4.72. The summed E-state index contributed by atoms with van der Waals surface area (Å²) in [6.07, 6.45) is 12.4. The molecule has 1 aliphatic carbocycles. The Labute approximate surface area is 141 Å². The summed E-state index contributed by atoms with van der Waals surface area (Å²) in [5.41, 5.74) is 0.530. The van der Waals surface area contributed by atoms with E-state index in [1.807, 2.05) is 0 Å². The van der Waals surface area contributed by atoms with Crippen molar-refractivity contribution in [2.24, 2.45) is 5.92 Å². The molecule has 2 heteroatoms. The van der Waals surface area contributed by atoms with Gasteiger partial charge in [0.15, 0.2) is 0 Å². The largest absolute Gasteiger partial charge is 0.385 e. The van der Waals surface area contributed by atoms with E-state index in [1.54, 1.807) is 0 Å². The SMILES string of the molecule is O[C@@](CCCN1CCCCC1)(c1ccccc1)C1CCCCC1.